The minimum Gasteiger partial charge on any atom is -0.386 e. The summed E-state index contributed by atoms with van der Waals surface area (Å²) in [6.07, 6.45) is -0.485. The van der Waals surface area contributed by atoms with Crippen LogP contribution in [0.2, 0.25) is 0 Å². The highest BCUT2D eigenvalue weighted by molar-refractivity contribution is 7.58. The van der Waals surface area contributed by atoms with Crippen molar-refractivity contribution < 1.29 is 18.8 Å². The van der Waals surface area contributed by atoms with Crippen molar-refractivity contribution in [2.45, 2.75) is 0 Å². The summed E-state index contributed by atoms with van der Waals surface area (Å²) in [5.74, 6) is 0. The van der Waals surface area contributed by atoms with E-state index < -0.39 is 21.5 Å². The monoisotopic (exact) mass is 186 g/mol. The van der Waals surface area contributed by atoms with Crippen LogP contribution < -0.4 is 0 Å². The molecule has 0 aromatic rings. The molecule has 0 aliphatic heterocycles. The van der Waals surface area contributed by atoms with E-state index in [0.717, 1.165) is 0 Å². The van der Waals surface area contributed by atoms with E-state index in [4.69, 9.17) is 5.11 Å². The highest BCUT2D eigenvalue weighted by Crippen LogP contribution is 2.42. The molecule has 2 atom stereocenters. The first-order chi connectivity index (χ1) is 4.48. The maximum absolute atomic E-state index is 10.9. The smallest absolute Gasteiger partial charge is 0.225 e. The van der Waals surface area contributed by atoms with Crippen molar-refractivity contribution in [3.05, 3.63) is 0 Å². The topological polar surface area (TPSA) is 63.6 Å². The molecule has 0 aromatic heterocycles. The molecule has 4 nitrogen and oxygen atoms in total. The van der Waals surface area contributed by atoms with E-state index in [1.165, 1.54) is 13.3 Å². The van der Waals surface area contributed by atoms with Gasteiger partial charge in [-0.1, -0.05) is 0 Å². The van der Waals surface area contributed by atoms with E-state index in [-0.39, 0.29) is 6.35 Å². The van der Waals surface area contributed by atoms with Crippen LogP contribution in [0.4, 0.5) is 0 Å². The van der Waals surface area contributed by atoms with Gasteiger partial charge in [0, 0.05) is 6.66 Å². The largest absolute Gasteiger partial charge is 0.386 e. The van der Waals surface area contributed by atoms with E-state index >= 15 is 0 Å². The lowest BCUT2D eigenvalue weighted by Crippen LogP contribution is -1.91. The van der Waals surface area contributed by atoms with Gasteiger partial charge in [0.25, 0.3) is 0 Å². The first kappa shape index (κ1) is 10.4. The Balaban J connectivity index is 3.68. The summed E-state index contributed by atoms with van der Waals surface area (Å²) < 4.78 is 26.0. The Kier molecular flexibility index (Phi) is 4.46. The van der Waals surface area contributed by atoms with Gasteiger partial charge in [-0.2, -0.15) is 0 Å². The Hall–Kier alpha value is 0.380. The molecule has 0 bridgehead atoms. The van der Waals surface area contributed by atoms with Gasteiger partial charge in [-0.3, -0.25) is 4.57 Å². The number of hydrogen-bond acceptors (Lipinski definition) is 4. The molecule has 0 spiro atoms. The molecular formula is C4H12O4P2. The molecule has 0 heterocycles. The summed E-state index contributed by atoms with van der Waals surface area (Å²) in [7, 11) is -4.58. The Morgan fingerprint density at radius 3 is 2.50 bits per heavy atom. The van der Waals surface area contributed by atoms with Gasteiger partial charge in [-0.05, 0) is 6.66 Å². The lowest BCUT2D eigenvalue weighted by Gasteiger charge is -2.08. The fraction of sp³-hybridized carbons (Fsp3) is 1.00. The normalized spacial score (nSPS) is 19.9. The summed E-state index contributed by atoms with van der Waals surface area (Å²) in [6.45, 7) is 2.83. The van der Waals surface area contributed by atoms with Crippen molar-refractivity contribution in [1.29, 1.82) is 0 Å². The van der Waals surface area contributed by atoms with Crippen LogP contribution >= 0.6 is 15.2 Å². The molecule has 1 N–H and O–H groups in total. The summed E-state index contributed by atoms with van der Waals surface area (Å²) in [4.78, 5) is 0. The zero-order chi connectivity index (χ0) is 8.20. The van der Waals surface area contributed by atoms with E-state index in [9.17, 15) is 9.13 Å². The number of hydrogen-bond donors (Lipinski definition) is 1. The predicted molar refractivity (Wildman–Crippen MR) is 41.5 cm³/mol. The van der Waals surface area contributed by atoms with Crippen LogP contribution in [0.3, 0.4) is 0 Å². The van der Waals surface area contributed by atoms with Crippen LogP contribution in [0, 0.1) is 0 Å². The van der Waals surface area contributed by atoms with Crippen molar-refractivity contribution in [2.24, 2.45) is 0 Å². The number of aliphatic hydroxyl groups is 1. The Labute approximate surface area is 60.8 Å². The minimum atomic E-state index is -2.85. The van der Waals surface area contributed by atoms with Crippen molar-refractivity contribution in [3.63, 3.8) is 0 Å². The molecule has 0 rings (SSSR count). The van der Waals surface area contributed by atoms with Gasteiger partial charge in [0.05, 0.1) is 7.80 Å². The SMILES string of the molecule is C[PH](=O)COP(C)(=O)CO. The average molecular weight is 186 g/mol. The van der Waals surface area contributed by atoms with Crippen LogP contribution in [0.15, 0.2) is 0 Å². The first-order valence-corrected chi connectivity index (χ1v) is 7.16. The molecule has 2 unspecified atom stereocenters. The highest BCUT2D eigenvalue weighted by atomic mass is 31.2. The van der Waals surface area contributed by atoms with Crippen molar-refractivity contribution >= 4 is 15.2 Å². The fourth-order valence-corrected chi connectivity index (χ4v) is 2.17. The van der Waals surface area contributed by atoms with Gasteiger partial charge in [-0.25, -0.2) is 0 Å². The summed E-state index contributed by atoms with van der Waals surface area (Å²) in [6, 6.07) is 0. The molecule has 6 heteroatoms. The zero-order valence-corrected chi connectivity index (χ0v) is 7.93. The molecule has 0 saturated heterocycles. The molecule has 10 heavy (non-hydrogen) atoms. The molecule has 0 radical (unpaired) electrons. The molecule has 0 aromatic carbocycles. The summed E-state index contributed by atoms with van der Waals surface area (Å²) in [5, 5.41) is 8.43. The van der Waals surface area contributed by atoms with Gasteiger partial charge >= 0.3 is 0 Å². The minimum absolute atomic E-state index is 0.000988. The number of aliphatic hydroxyl groups excluding tert-OH is 1. The van der Waals surface area contributed by atoms with Gasteiger partial charge < -0.3 is 14.2 Å². The fourth-order valence-electron chi connectivity index (χ4n) is 0.268. The van der Waals surface area contributed by atoms with Crippen molar-refractivity contribution in [3.8, 4) is 0 Å². The van der Waals surface area contributed by atoms with E-state index in [1.807, 2.05) is 0 Å². The van der Waals surface area contributed by atoms with Crippen molar-refractivity contribution in [2.75, 3.05) is 26.0 Å². The van der Waals surface area contributed by atoms with Crippen LogP contribution in [0.1, 0.15) is 0 Å². The van der Waals surface area contributed by atoms with Gasteiger partial charge in [-0.15, -0.1) is 0 Å². The van der Waals surface area contributed by atoms with Crippen molar-refractivity contribution in [1.82, 2.24) is 0 Å². The lowest BCUT2D eigenvalue weighted by molar-refractivity contribution is 0.305. The average Bonchev–Trinajstić information content (AvgIpc) is 1.85. The Morgan fingerprint density at radius 2 is 2.20 bits per heavy atom. The zero-order valence-electron chi connectivity index (χ0n) is 6.03. The summed E-state index contributed by atoms with van der Waals surface area (Å²) >= 11 is 0. The molecule has 0 amide bonds. The second-order valence-electron chi connectivity index (χ2n) is 2.13. The van der Waals surface area contributed by atoms with Crippen LogP contribution in [0.5, 0.6) is 0 Å². The van der Waals surface area contributed by atoms with Gasteiger partial charge in [0.1, 0.15) is 12.7 Å². The van der Waals surface area contributed by atoms with Crippen LogP contribution in [0.25, 0.3) is 0 Å². The predicted octanol–water partition coefficient (Wildman–Crippen LogP) is 1.01. The molecule has 0 fully saturated rings. The maximum atomic E-state index is 10.9. The van der Waals surface area contributed by atoms with E-state index in [1.54, 1.807) is 0 Å². The summed E-state index contributed by atoms with van der Waals surface area (Å²) in [5.41, 5.74) is 0. The highest BCUT2D eigenvalue weighted by Gasteiger charge is 2.13. The first-order valence-electron chi connectivity index (χ1n) is 2.79. The third kappa shape index (κ3) is 5.19. The van der Waals surface area contributed by atoms with E-state index in [0.29, 0.717) is 0 Å². The van der Waals surface area contributed by atoms with Gasteiger partial charge in [0.2, 0.25) is 7.37 Å². The quantitative estimate of drug-likeness (QED) is 0.665. The molecule has 0 saturated carbocycles. The molecule has 0 aliphatic carbocycles. The third-order valence-corrected chi connectivity index (χ3v) is 2.78. The molecule has 62 valence electrons. The van der Waals surface area contributed by atoms with Crippen LogP contribution in [-0.4, -0.2) is 31.1 Å². The second kappa shape index (κ2) is 4.30. The maximum Gasteiger partial charge on any atom is 0.225 e. The van der Waals surface area contributed by atoms with E-state index in [2.05, 4.69) is 4.52 Å². The van der Waals surface area contributed by atoms with Gasteiger partial charge in [0.15, 0.2) is 0 Å². The Bertz CT molecular complexity index is 167. The molecule has 0 aliphatic rings. The number of rotatable bonds is 4. The lowest BCUT2D eigenvalue weighted by atomic mass is 11.7. The standard InChI is InChI=1S/C4H12O4P2/c1-9(6)4-8-10(2,7)3-5/h5,9H,3-4H2,1-2H3. The Morgan fingerprint density at radius 1 is 1.70 bits per heavy atom. The third-order valence-electron chi connectivity index (χ3n) is 0.798. The molecular weight excluding hydrogens is 174 g/mol. The second-order valence-corrected chi connectivity index (χ2v) is 6.39. The van der Waals surface area contributed by atoms with Crippen LogP contribution in [-0.2, 0) is 13.7 Å².